The highest BCUT2D eigenvalue weighted by atomic mass is 32.2. The van der Waals surface area contributed by atoms with E-state index >= 15 is 0 Å². The fourth-order valence-corrected chi connectivity index (χ4v) is 3.08. The van der Waals surface area contributed by atoms with Crippen LogP contribution in [-0.2, 0) is 10.8 Å². The second-order valence-corrected chi connectivity index (χ2v) is 6.12. The van der Waals surface area contributed by atoms with Crippen LogP contribution in [0.4, 0.5) is 0 Å². The fourth-order valence-electron chi connectivity index (χ4n) is 2.32. The topological polar surface area (TPSA) is 117 Å². The average Bonchev–Trinajstić information content (AvgIpc) is 2.53. The lowest BCUT2D eigenvalue weighted by atomic mass is 10.0. The number of primary amides is 1. The Bertz CT molecular complexity index is 912. The number of benzene rings is 1. The van der Waals surface area contributed by atoms with E-state index in [9.17, 15) is 9.00 Å². The predicted octanol–water partition coefficient (Wildman–Crippen LogP) is 1.31. The Kier molecular flexibility index (Phi) is 4.83. The average molecular weight is 329 g/mol. The van der Waals surface area contributed by atoms with Crippen molar-refractivity contribution in [2.75, 3.05) is 6.26 Å². The van der Waals surface area contributed by atoms with Gasteiger partial charge >= 0.3 is 0 Å². The zero-order valence-electron chi connectivity index (χ0n) is 12.3. The molecule has 0 fully saturated rings. The zero-order chi connectivity index (χ0) is 15.7. The summed E-state index contributed by atoms with van der Waals surface area (Å²) in [4.78, 5) is 20.6. The summed E-state index contributed by atoms with van der Waals surface area (Å²) in [6, 6.07) is 10.7. The Morgan fingerprint density at radius 1 is 1.09 bits per heavy atom. The van der Waals surface area contributed by atoms with Crippen molar-refractivity contribution in [1.82, 2.24) is 9.97 Å². The third-order valence-electron chi connectivity index (χ3n) is 3.34. The number of nitrogens with zero attached hydrogens (tertiary/aromatic N) is 2. The predicted molar refractivity (Wildman–Crippen MR) is 89.4 cm³/mol. The Hall–Kier alpha value is -2.64. The van der Waals surface area contributed by atoms with E-state index in [1.807, 2.05) is 24.3 Å². The van der Waals surface area contributed by atoms with Gasteiger partial charge < -0.3 is 11.2 Å². The van der Waals surface area contributed by atoms with Crippen molar-refractivity contribution < 1.29 is 14.5 Å². The lowest BCUT2D eigenvalue weighted by Gasteiger charge is -2.10. The second-order valence-electron chi connectivity index (χ2n) is 4.77. The fraction of sp³-hybridized carbons (Fsp3) is 0.0625. The molecule has 0 saturated carbocycles. The third-order valence-corrected chi connectivity index (χ3v) is 4.31. The number of aromatic nitrogens is 2. The van der Waals surface area contributed by atoms with Gasteiger partial charge in [0.25, 0.3) is 5.91 Å². The first-order valence-corrected chi connectivity index (χ1v) is 8.11. The molecular weight excluding hydrogens is 314 g/mol. The van der Waals surface area contributed by atoms with Gasteiger partial charge in [0.15, 0.2) is 0 Å². The van der Waals surface area contributed by atoms with Gasteiger partial charge in [0.05, 0.1) is 16.3 Å². The minimum atomic E-state index is -1.15. The number of amides is 1. The first-order chi connectivity index (χ1) is 10.6. The van der Waals surface area contributed by atoms with E-state index in [1.54, 1.807) is 30.8 Å². The van der Waals surface area contributed by atoms with Crippen molar-refractivity contribution in [2.24, 2.45) is 5.73 Å². The van der Waals surface area contributed by atoms with Gasteiger partial charge in [0, 0.05) is 40.1 Å². The summed E-state index contributed by atoms with van der Waals surface area (Å²) in [6.07, 6.45) is 4.95. The van der Waals surface area contributed by atoms with Gasteiger partial charge in [-0.3, -0.25) is 14.0 Å². The number of rotatable bonds is 3. The number of hydrogen-bond donors (Lipinski definition) is 1. The molecule has 23 heavy (non-hydrogen) atoms. The van der Waals surface area contributed by atoms with Gasteiger partial charge in [-0.05, 0) is 18.2 Å². The van der Waals surface area contributed by atoms with E-state index in [1.165, 1.54) is 0 Å². The largest absolute Gasteiger partial charge is 0.412 e. The molecule has 1 amide bonds. The number of fused-ring (bicyclic) bond motifs is 1. The van der Waals surface area contributed by atoms with Crippen molar-refractivity contribution >= 4 is 27.6 Å². The number of pyridine rings is 2. The molecule has 1 atom stereocenters. The quantitative estimate of drug-likeness (QED) is 0.779. The lowest BCUT2D eigenvalue weighted by molar-refractivity contribution is 0.0996. The molecule has 0 aliphatic rings. The van der Waals surface area contributed by atoms with E-state index in [0.717, 1.165) is 16.5 Å². The smallest absolute Gasteiger partial charge is 0.267 e. The molecule has 0 spiro atoms. The van der Waals surface area contributed by atoms with Crippen LogP contribution in [0, 0.1) is 0 Å². The molecule has 1 aromatic carbocycles. The number of nitrogens with two attached hydrogens (primary N) is 1. The highest BCUT2D eigenvalue weighted by molar-refractivity contribution is 7.84. The van der Waals surface area contributed by atoms with Crippen molar-refractivity contribution in [1.29, 1.82) is 0 Å². The molecule has 2 heterocycles. The SMILES string of the molecule is CS(=O)c1ccccc1-c1cncc2ccc(C(N)=O)nc12.O. The molecule has 0 radical (unpaired) electrons. The summed E-state index contributed by atoms with van der Waals surface area (Å²) in [7, 11) is -1.15. The van der Waals surface area contributed by atoms with Crippen molar-refractivity contribution in [3.05, 3.63) is 54.5 Å². The van der Waals surface area contributed by atoms with E-state index in [2.05, 4.69) is 9.97 Å². The Morgan fingerprint density at radius 2 is 1.83 bits per heavy atom. The Morgan fingerprint density at radius 3 is 2.52 bits per heavy atom. The van der Waals surface area contributed by atoms with Crippen LogP contribution in [0.25, 0.3) is 22.0 Å². The molecule has 2 aromatic heterocycles. The lowest BCUT2D eigenvalue weighted by Crippen LogP contribution is -2.13. The maximum Gasteiger partial charge on any atom is 0.267 e. The molecule has 1 unspecified atom stereocenters. The van der Waals surface area contributed by atoms with Crippen LogP contribution in [0.2, 0.25) is 0 Å². The highest BCUT2D eigenvalue weighted by Crippen LogP contribution is 2.30. The van der Waals surface area contributed by atoms with Crippen molar-refractivity contribution in [3.8, 4) is 11.1 Å². The summed E-state index contributed by atoms with van der Waals surface area (Å²) < 4.78 is 11.9. The number of carbonyl (C=O) groups is 1. The maximum absolute atomic E-state index is 11.9. The molecule has 6 nitrogen and oxygen atoms in total. The van der Waals surface area contributed by atoms with Crippen LogP contribution in [0.3, 0.4) is 0 Å². The first kappa shape index (κ1) is 16.7. The van der Waals surface area contributed by atoms with Gasteiger partial charge in [-0.2, -0.15) is 0 Å². The Labute approximate surface area is 135 Å². The molecule has 4 N–H and O–H groups in total. The van der Waals surface area contributed by atoms with Crippen LogP contribution >= 0.6 is 0 Å². The van der Waals surface area contributed by atoms with Crippen LogP contribution in [0.15, 0.2) is 53.7 Å². The number of carbonyl (C=O) groups excluding carboxylic acids is 1. The van der Waals surface area contributed by atoms with Gasteiger partial charge in [0.2, 0.25) is 0 Å². The third kappa shape index (κ3) is 3.10. The van der Waals surface area contributed by atoms with Crippen LogP contribution in [0.1, 0.15) is 10.5 Å². The molecule has 3 aromatic rings. The van der Waals surface area contributed by atoms with E-state index < -0.39 is 16.7 Å². The van der Waals surface area contributed by atoms with Crippen LogP contribution < -0.4 is 5.73 Å². The van der Waals surface area contributed by atoms with E-state index in [0.29, 0.717) is 10.4 Å². The first-order valence-electron chi connectivity index (χ1n) is 6.55. The minimum Gasteiger partial charge on any atom is -0.412 e. The summed E-state index contributed by atoms with van der Waals surface area (Å²) >= 11 is 0. The molecular formula is C16H15N3O3S. The summed E-state index contributed by atoms with van der Waals surface area (Å²) in [5.41, 5.74) is 7.63. The van der Waals surface area contributed by atoms with Gasteiger partial charge in [-0.15, -0.1) is 0 Å². The monoisotopic (exact) mass is 329 g/mol. The normalized spacial score (nSPS) is 11.7. The number of hydrogen-bond acceptors (Lipinski definition) is 4. The molecule has 7 heteroatoms. The van der Waals surface area contributed by atoms with Crippen molar-refractivity contribution in [3.63, 3.8) is 0 Å². The van der Waals surface area contributed by atoms with Crippen LogP contribution in [-0.4, -0.2) is 31.8 Å². The highest BCUT2D eigenvalue weighted by Gasteiger charge is 2.13. The van der Waals surface area contributed by atoms with Crippen LogP contribution in [0.5, 0.6) is 0 Å². The van der Waals surface area contributed by atoms with Gasteiger partial charge in [-0.1, -0.05) is 18.2 Å². The molecule has 0 aliphatic heterocycles. The molecule has 118 valence electrons. The van der Waals surface area contributed by atoms with Gasteiger partial charge in [-0.25, -0.2) is 4.98 Å². The summed E-state index contributed by atoms with van der Waals surface area (Å²) in [6.45, 7) is 0. The maximum atomic E-state index is 11.9. The Balaban J connectivity index is 0.00000192. The standard InChI is InChI=1S/C16H13N3O2S.H2O/c1-22(21)14-5-3-2-4-11(14)12-9-18-8-10-6-7-13(16(17)20)19-15(10)12;/h2-9H,1H3,(H2,17,20);1H2. The zero-order valence-corrected chi connectivity index (χ0v) is 13.1. The van der Waals surface area contributed by atoms with E-state index in [-0.39, 0.29) is 11.2 Å². The second kappa shape index (κ2) is 6.64. The summed E-state index contributed by atoms with van der Waals surface area (Å²) in [5.74, 6) is -0.586. The molecule has 0 bridgehead atoms. The molecule has 3 rings (SSSR count). The summed E-state index contributed by atoms with van der Waals surface area (Å²) in [5, 5.41) is 0.791. The van der Waals surface area contributed by atoms with Gasteiger partial charge in [0.1, 0.15) is 5.69 Å². The van der Waals surface area contributed by atoms with E-state index in [4.69, 9.17) is 5.73 Å². The molecule has 0 aliphatic carbocycles. The minimum absolute atomic E-state index is 0. The molecule has 0 saturated heterocycles. The van der Waals surface area contributed by atoms with Crippen molar-refractivity contribution in [2.45, 2.75) is 4.90 Å².